The summed E-state index contributed by atoms with van der Waals surface area (Å²) in [4.78, 5) is 12.8. The number of rotatable bonds is 6. The van der Waals surface area contributed by atoms with E-state index in [1.807, 2.05) is 41.9 Å². The topological polar surface area (TPSA) is 67.7 Å². The molecule has 2 N–H and O–H groups in total. The van der Waals surface area contributed by atoms with Gasteiger partial charge in [-0.1, -0.05) is 24.6 Å². The number of anilines is 2. The first kappa shape index (κ1) is 22.5. The Morgan fingerprint density at radius 2 is 1.86 bits per heavy atom. The zero-order valence-corrected chi connectivity index (χ0v) is 20.8. The number of pyridine rings is 1. The molecule has 6 heteroatoms. The van der Waals surface area contributed by atoms with Gasteiger partial charge in [0.05, 0.1) is 11.3 Å². The quantitative estimate of drug-likeness (QED) is 0.258. The molecule has 0 aliphatic carbocycles. The number of nitrogens with zero attached hydrogens (tertiary/aromatic N) is 3. The maximum atomic E-state index is 9.84. The van der Waals surface area contributed by atoms with Crippen LogP contribution in [-0.2, 0) is 6.54 Å². The number of H-pyrrole nitrogens is 1. The number of piperidine rings is 1. The summed E-state index contributed by atoms with van der Waals surface area (Å²) in [7, 11) is 0. The summed E-state index contributed by atoms with van der Waals surface area (Å²) < 4.78 is 0. The lowest BCUT2D eigenvalue weighted by Crippen LogP contribution is -2.28. The lowest BCUT2D eigenvalue weighted by atomic mass is 10.0. The molecule has 0 bridgehead atoms. The largest absolute Gasteiger partial charge is 0.361 e. The van der Waals surface area contributed by atoms with Gasteiger partial charge >= 0.3 is 0 Å². The highest BCUT2D eigenvalue weighted by Gasteiger charge is 2.15. The molecular formula is C30H27N5S. The maximum Gasteiger partial charge on any atom is 0.103 e. The van der Waals surface area contributed by atoms with Crippen LogP contribution in [0.4, 0.5) is 11.4 Å². The van der Waals surface area contributed by atoms with E-state index in [9.17, 15) is 5.26 Å². The molecule has 0 radical (unpaired) electrons. The second-order valence-corrected chi connectivity index (χ2v) is 10.5. The number of aromatic nitrogens is 2. The zero-order chi connectivity index (χ0) is 24.3. The summed E-state index contributed by atoms with van der Waals surface area (Å²) in [6, 6.07) is 23.6. The smallest absolute Gasteiger partial charge is 0.103 e. The van der Waals surface area contributed by atoms with Crippen molar-refractivity contribution in [2.24, 2.45) is 0 Å². The van der Waals surface area contributed by atoms with Crippen LogP contribution in [0.1, 0.15) is 29.7 Å². The van der Waals surface area contributed by atoms with Crippen LogP contribution in [-0.4, -0.2) is 28.0 Å². The van der Waals surface area contributed by atoms with Crippen molar-refractivity contribution in [3.05, 3.63) is 89.7 Å². The highest BCUT2D eigenvalue weighted by Crippen LogP contribution is 2.36. The Morgan fingerprint density at radius 1 is 0.972 bits per heavy atom. The van der Waals surface area contributed by atoms with Gasteiger partial charge in [0, 0.05) is 57.0 Å². The van der Waals surface area contributed by atoms with Gasteiger partial charge in [-0.15, -0.1) is 11.3 Å². The molecule has 0 spiro atoms. The molecule has 0 amide bonds. The van der Waals surface area contributed by atoms with Gasteiger partial charge < -0.3 is 10.3 Å². The molecule has 5 nitrogen and oxygen atoms in total. The summed E-state index contributed by atoms with van der Waals surface area (Å²) >= 11 is 1.87. The van der Waals surface area contributed by atoms with Crippen LogP contribution in [0.5, 0.6) is 0 Å². The number of aromatic amines is 1. The second-order valence-electron chi connectivity index (χ2n) is 9.31. The van der Waals surface area contributed by atoms with E-state index in [1.54, 1.807) is 6.20 Å². The predicted octanol–water partition coefficient (Wildman–Crippen LogP) is 7.56. The Hall–Kier alpha value is -3.92. The number of hydrogen-bond acceptors (Lipinski definition) is 5. The fourth-order valence-electron chi connectivity index (χ4n) is 4.97. The molecule has 1 aliphatic rings. The van der Waals surface area contributed by atoms with Crippen LogP contribution in [0, 0.1) is 11.3 Å². The van der Waals surface area contributed by atoms with E-state index in [1.165, 1.54) is 47.7 Å². The Balaban J connectivity index is 1.31. The van der Waals surface area contributed by atoms with Crippen LogP contribution >= 0.6 is 11.3 Å². The molecule has 3 aromatic heterocycles. The third kappa shape index (κ3) is 4.64. The molecule has 1 saturated heterocycles. The molecule has 0 saturated carbocycles. The fourth-order valence-corrected chi connectivity index (χ4v) is 6.02. The van der Waals surface area contributed by atoms with Crippen LogP contribution in [0.15, 0.2) is 79.3 Å². The SMILES string of the molecule is N#Cc1cncc(-c2cccc(-c3ccc(CN4CCCCC4)s3)c2)c1Nc1ccc2[nH]ccc2c1. The van der Waals surface area contributed by atoms with Gasteiger partial charge in [0.1, 0.15) is 6.07 Å². The number of thiophene rings is 1. The van der Waals surface area contributed by atoms with Gasteiger partial charge in [-0.3, -0.25) is 9.88 Å². The normalized spacial score (nSPS) is 14.1. The highest BCUT2D eigenvalue weighted by atomic mass is 32.1. The van der Waals surface area contributed by atoms with Gasteiger partial charge in [0.15, 0.2) is 0 Å². The van der Waals surface area contributed by atoms with Crippen LogP contribution in [0.2, 0.25) is 0 Å². The summed E-state index contributed by atoms with van der Waals surface area (Å²) in [6.07, 6.45) is 9.38. The van der Waals surface area contributed by atoms with Crippen molar-refractivity contribution >= 4 is 33.6 Å². The van der Waals surface area contributed by atoms with Gasteiger partial charge in [0.25, 0.3) is 0 Å². The first-order valence-corrected chi connectivity index (χ1v) is 13.2. The highest BCUT2D eigenvalue weighted by molar-refractivity contribution is 7.15. The molecule has 178 valence electrons. The van der Waals surface area contributed by atoms with E-state index in [0.29, 0.717) is 5.56 Å². The van der Waals surface area contributed by atoms with E-state index in [-0.39, 0.29) is 0 Å². The van der Waals surface area contributed by atoms with E-state index in [0.717, 1.165) is 39.9 Å². The van der Waals surface area contributed by atoms with Crippen molar-refractivity contribution in [1.29, 1.82) is 5.26 Å². The number of nitrogens with one attached hydrogen (secondary N) is 2. The molecule has 36 heavy (non-hydrogen) atoms. The minimum absolute atomic E-state index is 0.520. The lowest BCUT2D eigenvalue weighted by molar-refractivity contribution is 0.222. The first-order valence-electron chi connectivity index (χ1n) is 12.4. The number of likely N-dealkylation sites (tertiary alicyclic amines) is 1. The monoisotopic (exact) mass is 489 g/mol. The molecule has 2 aromatic carbocycles. The average Bonchev–Trinajstić information content (AvgIpc) is 3.59. The predicted molar refractivity (Wildman–Crippen MR) is 148 cm³/mol. The van der Waals surface area contributed by atoms with Crippen molar-refractivity contribution in [3.63, 3.8) is 0 Å². The molecule has 0 unspecified atom stereocenters. The van der Waals surface area contributed by atoms with Gasteiger partial charge in [0.2, 0.25) is 0 Å². The first-order chi connectivity index (χ1) is 17.8. The average molecular weight is 490 g/mol. The molecule has 4 heterocycles. The number of fused-ring (bicyclic) bond motifs is 1. The molecule has 6 rings (SSSR count). The minimum Gasteiger partial charge on any atom is -0.361 e. The van der Waals surface area contributed by atoms with E-state index >= 15 is 0 Å². The standard InChI is InChI=1S/C30H27N5S/c31-17-24-18-32-19-27(30(24)34-25-7-9-28-22(16-25)11-12-33-28)21-5-4-6-23(15-21)29-10-8-26(36-29)20-35-13-2-1-3-14-35/h4-12,15-16,18-19,33H,1-3,13-14,20H2,(H,32,34). The number of nitriles is 1. The molecule has 1 aliphatic heterocycles. The second kappa shape index (κ2) is 9.98. The maximum absolute atomic E-state index is 9.84. The summed E-state index contributed by atoms with van der Waals surface area (Å²) in [6.45, 7) is 3.45. The Kier molecular flexibility index (Phi) is 6.25. The molecule has 5 aromatic rings. The van der Waals surface area contributed by atoms with Gasteiger partial charge in [-0.25, -0.2) is 0 Å². The summed E-state index contributed by atoms with van der Waals surface area (Å²) in [5.74, 6) is 0. The van der Waals surface area contributed by atoms with Crippen molar-refractivity contribution in [2.75, 3.05) is 18.4 Å². The van der Waals surface area contributed by atoms with Crippen molar-refractivity contribution in [1.82, 2.24) is 14.9 Å². The molecule has 1 fully saturated rings. The van der Waals surface area contributed by atoms with Crippen LogP contribution < -0.4 is 5.32 Å². The summed E-state index contributed by atoms with van der Waals surface area (Å²) in [5.41, 5.74) is 6.44. The Bertz CT molecular complexity index is 1550. The fraction of sp³-hybridized carbons (Fsp3) is 0.200. The van der Waals surface area contributed by atoms with E-state index in [2.05, 4.69) is 68.7 Å². The van der Waals surface area contributed by atoms with Crippen molar-refractivity contribution < 1.29 is 0 Å². The van der Waals surface area contributed by atoms with Gasteiger partial charge in [-0.2, -0.15) is 5.26 Å². The van der Waals surface area contributed by atoms with Crippen molar-refractivity contribution in [3.8, 4) is 27.6 Å². The zero-order valence-electron chi connectivity index (χ0n) is 20.0. The molecule has 0 atom stereocenters. The van der Waals surface area contributed by atoms with Crippen molar-refractivity contribution in [2.45, 2.75) is 25.8 Å². The van der Waals surface area contributed by atoms with E-state index < -0.39 is 0 Å². The van der Waals surface area contributed by atoms with Gasteiger partial charge in [-0.05, 0) is 79.5 Å². The van der Waals surface area contributed by atoms with Crippen LogP contribution in [0.3, 0.4) is 0 Å². The summed E-state index contributed by atoms with van der Waals surface area (Å²) in [5, 5.41) is 14.5. The third-order valence-electron chi connectivity index (χ3n) is 6.84. The minimum atomic E-state index is 0.520. The number of hydrogen-bond donors (Lipinski definition) is 2. The lowest BCUT2D eigenvalue weighted by Gasteiger charge is -2.25. The van der Waals surface area contributed by atoms with Crippen LogP contribution in [0.25, 0.3) is 32.5 Å². The third-order valence-corrected chi connectivity index (χ3v) is 7.96. The Labute approximate surface area is 215 Å². The Morgan fingerprint density at radius 3 is 2.75 bits per heavy atom. The molecular weight excluding hydrogens is 462 g/mol. The van der Waals surface area contributed by atoms with E-state index in [4.69, 9.17) is 0 Å². The number of benzene rings is 2.